The number of aliphatic hydroxyl groups excluding tert-OH is 1. The van der Waals surface area contributed by atoms with E-state index in [1.807, 2.05) is 0 Å². The molecule has 4 rings (SSSR count). The minimum atomic E-state index is -1.54. The van der Waals surface area contributed by atoms with Crippen molar-refractivity contribution >= 4 is 69.6 Å². The summed E-state index contributed by atoms with van der Waals surface area (Å²) in [6, 6.07) is 15.1. The van der Waals surface area contributed by atoms with Crippen LogP contribution in [0.3, 0.4) is 0 Å². The first-order valence-electron chi connectivity index (χ1n) is 11.7. The summed E-state index contributed by atoms with van der Waals surface area (Å²) in [6.07, 6.45) is -2.65. The minimum Gasteiger partial charge on any atom is -0.374 e. The van der Waals surface area contributed by atoms with Crippen LogP contribution in [0.15, 0.2) is 67.3 Å². The molecule has 3 aromatic rings. The molecule has 1 aliphatic heterocycles. The highest BCUT2D eigenvalue weighted by atomic mass is 35.5. The molecule has 0 saturated carbocycles. The zero-order valence-corrected chi connectivity index (χ0v) is 25.1. The lowest BCUT2D eigenvalue weighted by molar-refractivity contribution is -0.190. The second-order valence-electron chi connectivity index (χ2n) is 8.82. The molecule has 11 heteroatoms. The van der Waals surface area contributed by atoms with E-state index in [0.29, 0.717) is 46.8 Å². The van der Waals surface area contributed by atoms with E-state index in [-0.39, 0.29) is 13.2 Å². The number of halogens is 6. The lowest BCUT2D eigenvalue weighted by Gasteiger charge is -2.35. The van der Waals surface area contributed by atoms with Crippen LogP contribution >= 0.6 is 69.6 Å². The van der Waals surface area contributed by atoms with E-state index < -0.39 is 30.2 Å². The molecule has 0 amide bonds. The summed E-state index contributed by atoms with van der Waals surface area (Å²) in [4.78, 5) is 0. The molecule has 0 radical (unpaired) electrons. The van der Waals surface area contributed by atoms with Gasteiger partial charge in [0.05, 0.1) is 13.2 Å². The predicted octanol–water partition coefficient (Wildman–Crippen LogP) is 8.74. The van der Waals surface area contributed by atoms with Gasteiger partial charge >= 0.3 is 0 Å². The quantitative estimate of drug-likeness (QED) is 0.222. The van der Waals surface area contributed by atoms with Crippen LogP contribution in [0.2, 0.25) is 30.1 Å². The third-order valence-electron chi connectivity index (χ3n) is 6.48. The van der Waals surface area contributed by atoms with E-state index in [1.165, 1.54) is 13.2 Å². The molecule has 1 fully saturated rings. The standard InChI is InChI=1S/C28H24Cl6O5/c1-3-28(38-14-16-5-7-18(30)11-22(16)33)26(37-13-15-4-6-17(29)10-21(15)32)25(39-27(28)35)24(36-2)20-9-8-19(31)12-23(20)34/h3-12,24-27,35H,1,13-14H2,2H3/t24?,25-,26-,27?,28-/m1/s1. The van der Waals surface area contributed by atoms with Crippen molar-refractivity contribution in [1.82, 2.24) is 0 Å². The zero-order chi connectivity index (χ0) is 28.3. The average molecular weight is 653 g/mol. The topological polar surface area (TPSA) is 57.2 Å². The van der Waals surface area contributed by atoms with Gasteiger partial charge in [-0.2, -0.15) is 0 Å². The summed E-state index contributed by atoms with van der Waals surface area (Å²) in [7, 11) is 1.50. The van der Waals surface area contributed by atoms with Crippen LogP contribution in [0.4, 0.5) is 0 Å². The number of benzene rings is 3. The SMILES string of the molecule is C=C[C@]1(OCc2ccc(Cl)cc2Cl)C(O)O[C@H](C(OC)c2ccc(Cl)cc2Cl)[C@H]1OCc1ccc(Cl)cc1Cl. The van der Waals surface area contributed by atoms with Gasteiger partial charge in [0.25, 0.3) is 0 Å². The maximum atomic E-state index is 11.3. The maximum Gasteiger partial charge on any atom is 0.191 e. The van der Waals surface area contributed by atoms with Gasteiger partial charge in [0, 0.05) is 42.8 Å². The van der Waals surface area contributed by atoms with Crippen LogP contribution < -0.4 is 0 Å². The molecule has 0 bridgehead atoms. The molecule has 208 valence electrons. The molecule has 1 saturated heterocycles. The van der Waals surface area contributed by atoms with Crippen molar-refractivity contribution < 1.29 is 24.1 Å². The molecule has 2 unspecified atom stereocenters. The summed E-state index contributed by atoms with van der Waals surface area (Å²) >= 11 is 37.5. The Labute approximate surface area is 257 Å². The van der Waals surface area contributed by atoms with Crippen LogP contribution in [-0.4, -0.2) is 36.3 Å². The van der Waals surface area contributed by atoms with Gasteiger partial charge in [-0.3, -0.25) is 0 Å². The Kier molecular flexibility index (Phi) is 10.5. The van der Waals surface area contributed by atoms with Crippen molar-refractivity contribution in [2.75, 3.05) is 7.11 Å². The largest absolute Gasteiger partial charge is 0.374 e. The van der Waals surface area contributed by atoms with Gasteiger partial charge in [-0.1, -0.05) is 100 Å². The Morgan fingerprint density at radius 1 is 0.872 bits per heavy atom. The molecule has 1 N–H and O–H groups in total. The highest BCUT2D eigenvalue weighted by Crippen LogP contribution is 2.45. The normalized spacial score (nSPS) is 23.6. The third-order valence-corrected chi connectivity index (χ3v) is 8.22. The van der Waals surface area contributed by atoms with Gasteiger partial charge in [0.15, 0.2) is 11.9 Å². The Balaban J connectivity index is 1.72. The van der Waals surface area contributed by atoms with Crippen LogP contribution in [0.1, 0.15) is 22.8 Å². The Morgan fingerprint density at radius 2 is 1.41 bits per heavy atom. The first kappa shape index (κ1) is 30.9. The van der Waals surface area contributed by atoms with Crippen molar-refractivity contribution in [1.29, 1.82) is 0 Å². The molecule has 1 aliphatic rings. The average Bonchev–Trinajstić information content (AvgIpc) is 3.15. The van der Waals surface area contributed by atoms with Gasteiger partial charge in [0.2, 0.25) is 0 Å². The Hall–Kier alpha value is -1.06. The van der Waals surface area contributed by atoms with Crippen LogP contribution in [0, 0.1) is 0 Å². The number of methoxy groups -OCH3 is 1. The van der Waals surface area contributed by atoms with Gasteiger partial charge in [-0.15, -0.1) is 0 Å². The van der Waals surface area contributed by atoms with Crippen LogP contribution in [0.25, 0.3) is 0 Å². The van der Waals surface area contributed by atoms with Crippen molar-refractivity contribution in [2.45, 2.75) is 43.4 Å². The van der Waals surface area contributed by atoms with Gasteiger partial charge in [-0.25, -0.2) is 0 Å². The van der Waals surface area contributed by atoms with E-state index in [0.717, 1.165) is 0 Å². The zero-order valence-electron chi connectivity index (χ0n) is 20.6. The van der Waals surface area contributed by atoms with Crippen molar-refractivity contribution in [3.63, 3.8) is 0 Å². The number of aliphatic hydroxyl groups is 1. The predicted molar refractivity (Wildman–Crippen MR) is 156 cm³/mol. The van der Waals surface area contributed by atoms with E-state index in [9.17, 15) is 5.11 Å². The summed E-state index contributed by atoms with van der Waals surface area (Å²) in [5.74, 6) is 0. The molecule has 3 aromatic carbocycles. The monoisotopic (exact) mass is 650 g/mol. The molecule has 39 heavy (non-hydrogen) atoms. The highest BCUT2D eigenvalue weighted by molar-refractivity contribution is 6.36. The van der Waals surface area contributed by atoms with Crippen LogP contribution in [-0.2, 0) is 32.2 Å². The number of rotatable bonds is 10. The lowest BCUT2D eigenvalue weighted by atomic mass is 9.90. The molecule has 5 atom stereocenters. The number of ether oxygens (including phenoxy) is 4. The van der Waals surface area contributed by atoms with Gasteiger partial charge in [-0.05, 0) is 47.5 Å². The first-order valence-corrected chi connectivity index (χ1v) is 13.9. The molecule has 0 aliphatic carbocycles. The summed E-state index contributed by atoms with van der Waals surface area (Å²) < 4.78 is 24.6. The van der Waals surface area contributed by atoms with E-state index in [1.54, 1.807) is 54.6 Å². The third kappa shape index (κ3) is 6.72. The van der Waals surface area contributed by atoms with Crippen molar-refractivity contribution in [3.05, 3.63) is 114 Å². The van der Waals surface area contributed by atoms with Gasteiger partial charge < -0.3 is 24.1 Å². The van der Waals surface area contributed by atoms with Crippen molar-refractivity contribution in [2.24, 2.45) is 0 Å². The molecular weight excluding hydrogens is 629 g/mol. The fraction of sp³-hybridized carbons (Fsp3) is 0.286. The Bertz CT molecular complexity index is 1340. The molecule has 1 heterocycles. The summed E-state index contributed by atoms with van der Waals surface area (Å²) in [6.45, 7) is 3.98. The molecule has 5 nitrogen and oxygen atoms in total. The second-order valence-corrected chi connectivity index (χ2v) is 11.4. The Morgan fingerprint density at radius 3 is 1.92 bits per heavy atom. The fourth-order valence-corrected chi connectivity index (χ4v) is 5.88. The number of hydrogen-bond acceptors (Lipinski definition) is 5. The highest BCUT2D eigenvalue weighted by Gasteiger charge is 2.59. The second kappa shape index (κ2) is 13.3. The molecule has 0 aromatic heterocycles. The van der Waals surface area contributed by atoms with Crippen molar-refractivity contribution in [3.8, 4) is 0 Å². The smallest absolute Gasteiger partial charge is 0.191 e. The summed E-state index contributed by atoms with van der Waals surface area (Å²) in [5, 5.41) is 13.9. The van der Waals surface area contributed by atoms with Crippen LogP contribution in [0.5, 0.6) is 0 Å². The minimum absolute atomic E-state index is 0.00390. The molecular formula is C28H24Cl6O5. The van der Waals surface area contributed by atoms with E-state index in [2.05, 4.69) is 6.58 Å². The van der Waals surface area contributed by atoms with Gasteiger partial charge in [0.1, 0.15) is 18.3 Å². The lowest BCUT2D eigenvalue weighted by Crippen LogP contribution is -2.51. The summed E-state index contributed by atoms with van der Waals surface area (Å²) in [5.41, 5.74) is 0.349. The molecule has 0 spiro atoms. The number of hydrogen-bond donors (Lipinski definition) is 1. The maximum absolute atomic E-state index is 11.3. The first-order chi connectivity index (χ1) is 18.6. The van der Waals surface area contributed by atoms with E-state index >= 15 is 0 Å². The van der Waals surface area contributed by atoms with E-state index in [4.69, 9.17) is 88.6 Å². The fourth-order valence-electron chi connectivity index (χ4n) is 4.44.